The summed E-state index contributed by atoms with van der Waals surface area (Å²) < 4.78 is 16.0. The van der Waals surface area contributed by atoms with Crippen molar-refractivity contribution < 1.29 is 13.9 Å². The summed E-state index contributed by atoms with van der Waals surface area (Å²) in [5.41, 5.74) is -0.393. The molecule has 0 aliphatic carbocycles. The van der Waals surface area contributed by atoms with Gasteiger partial charge in [-0.15, -0.1) is 0 Å². The highest BCUT2D eigenvalue weighted by Crippen LogP contribution is 2.33. The summed E-state index contributed by atoms with van der Waals surface area (Å²) in [5.74, 6) is 1.03. The third-order valence-electron chi connectivity index (χ3n) is 2.68. The fourth-order valence-electron chi connectivity index (χ4n) is 1.75. The van der Waals surface area contributed by atoms with Crippen molar-refractivity contribution in [3.63, 3.8) is 0 Å². The summed E-state index contributed by atoms with van der Waals surface area (Å²) in [4.78, 5) is 11.2. The summed E-state index contributed by atoms with van der Waals surface area (Å²) in [6.45, 7) is 2.02. The van der Waals surface area contributed by atoms with Crippen LogP contribution < -0.4 is 15.1 Å². The Kier molecular flexibility index (Phi) is 4.32. The Morgan fingerprint density at radius 2 is 2.11 bits per heavy atom. The van der Waals surface area contributed by atoms with E-state index in [1.54, 1.807) is 25.3 Å². The third-order valence-corrected chi connectivity index (χ3v) is 2.98. The van der Waals surface area contributed by atoms with Crippen LogP contribution in [0.3, 0.4) is 0 Å². The molecule has 5 heteroatoms. The van der Waals surface area contributed by atoms with Gasteiger partial charge in [0.1, 0.15) is 5.58 Å². The number of methoxy groups -OCH3 is 1. The van der Waals surface area contributed by atoms with Crippen LogP contribution in [0.1, 0.15) is 19.8 Å². The number of hydrogen-bond donors (Lipinski definition) is 0. The van der Waals surface area contributed by atoms with Gasteiger partial charge in [0.25, 0.3) is 0 Å². The molecular formula is C14H15ClO4. The smallest absolute Gasteiger partial charge is 0.336 e. The summed E-state index contributed by atoms with van der Waals surface area (Å²) in [7, 11) is 1.55. The van der Waals surface area contributed by atoms with E-state index in [1.807, 2.05) is 6.92 Å². The van der Waals surface area contributed by atoms with Gasteiger partial charge in [-0.05, 0) is 18.6 Å². The Labute approximate surface area is 115 Å². The van der Waals surface area contributed by atoms with Crippen LogP contribution in [0.25, 0.3) is 11.0 Å². The van der Waals surface area contributed by atoms with E-state index in [4.69, 9.17) is 25.5 Å². The topological polar surface area (TPSA) is 48.7 Å². The van der Waals surface area contributed by atoms with Crippen molar-refractivity contribution in [3.05, 3.63) is 34.7 Å². The highest BCUT2D eigenvalue weighted by molar-refractivity contribution is 6.19. The van der Waals surface area contributed by atoms with Crippen LogP contribution in [0, 0.1) is 0 Å². The molecule has 0 amide bonds. The van der Waals surface area contributed by atoms with Crippen molar-refractivity contribution >= 4 is 22.6 Å². The van der Waals surface area contributed by atoms with E-state index in [0.717, 1.165) is 18.2 Å². The second-order valence-corrected chi connectivity index (χ2v) is 4.60. The van der Waals surface area contributed by atoms with E-state index in [0.29, 0.717) is 17.1 Å². The maximum atomic E-state index is 11.2. The number of fused-ring (bicyclic) bond motifs is 1. The minimum atomic E-state index is -0.438. The van der Waals surface area contributed by atoms with Crippen molar-refractivity contribution in [2.75, 3.05) is 7.11 Å². The first-order valence-corrected chi connectivity index (χ1v) is 6.50. The van der Waals surface area contributed by atoms with Crippen LogP contribution in [0.2, 0.25) is 0 Å². The third kappa shape index (κ3) is 3.20. The molecule has 102 valence electrons. The average Bonchev–Trinajstić information content (AvgIpc) is 2.38. The van der Waals surface area contributed by atoms with Crippen molar-refractivity contribution in [2.45, 2.75) is 25.3 Å². The van der Waals surface area contributed by atoms with Gasteiger partial charge in [-0.25, -0.2) is 4.79 Å². The van der Waals surface area contributed by atoms with Gasteiger partial charge < -0.3 is 13.9 Å². The molecule has 4 nitrogen and oxygen atoms in total. The van der Waals surface area contributed by atoms with Gasteiger partial charge in [-0.3, -0.25) is 0 Å². The Hall–Kier alpha value is -1.68. The number of halogens is 1. The number of hydrogen-bond acceptors (Lipinski definition) is 4. The molecule has 0 N–H and O–H groups in total. The average molecular weight is 283 g/mol. The molecule has 2 aromatic rings. The minimum absolute atomic E-state index is 0.403. The lowest BCUT2D eigenvalue weighted by Crippen LogP contribution is -2.09. The lowest BCUT2D eigenvalue weighted by Gasteiger charge is -2.15. The Morgan fingerprint density at radius 1 is 1.32 bits per heavy atom. The first kappa shape index (κ1) is 13.7. The highest BCUT2D eigenvalue weighted by atomic mass is 35.5. The highest BCUT2D eigenvalue weighted by Gasteiger charge is 2.12. The maximum absolute atomic E-state index is 11.2. The van der Waals surface area contributed by atoms with E-state index < -0.39 is 11.2 Å². The lowest BCUT2D eigenvalue weighted by atomic mass is 10.2. The molecule has 1 aromatic carbocycles. The maximum Gasteiger partial charge on any atom is 0.336 e. The molecule has 0 fully saturated rings. The van der Waals surface area contributed by atoms with Gasteiger partial charge in [0.05, 0.1) is 7.11 Å². The van der Waals surface area contributed by atoms with Gasteiger partial charge in [0.2, 0.25) is 0 Å². The van der Waals surface area contributed by atoms with Crippen LogP contribution in [0.5, 0.6) is 11.5 Å². The van der Waals surface area contributed by atoms with Gasteiger partial charge in [0.15, 0.2) is 17.1 Å². The number of alkyl halides is 1. The Balaban J connectivity index is 2.43. The molecule has 1 aromatic heterocycles. The summed E-state index contributed by atoms with van der Waals surface area (Å²) in [6, 6.07) is 6.42. The van der Waals surface area contributed by atoms with Crippen molar-refractivity contribution in [2.24, 2.45) is 0 Å². The lowest BCUT2D eigenvalue weighted by molar-refractivity contribution is 0.254. The molecule has 0 spiro atoms. The van der Waals surface area contributed by atoms with Crippen LogP contribution in [-0.2, 0) is 0 Å². The van der Waals surface area contributed by atoms with Crippen LogP contribution in [0.15, 0.2) is 33.5 Å². The minimum Gasteiger partial charge on any atom is -0.493 e. The van der Waals surface area contributed by atoms with Crippen molar-refractivity contribution in [1.29, 1.82) is 0 Å². The summed E-state index contributed by atoms with van der Waals surface area (Å²) >= 11 is 6.06. The number of rotatable bonds is 5. The zero-order valence-corrected chi connectivity index (χ0v) is 11.6. The predicted octanol–water partition coefficient (Wildman–Crippen LogP) is 3.55. The summed E-state index contributed by atoms with van der Waals surface area (Å²) in [5, 5.41) is 0.769. The molecule has 0 saturated carbocycles. The van der Waals surface area contributed by atoms with Gasteiger partial charge >= 0.3 is 5.63 Å². The number of benzene rings is 1. The standard InChI is InChI=1S/C14H15ClO4/c1-3-4-13(15)18-12-8-10-9(7-11(12)17-2)5-6-14(16)19-10/h5-8,13H,3-4H2,1-2H3. The molecule has 19 heavy (non-hydrogen) atoms. The van der Waals surface area contributed by atoms with Crippen molar-refractivity contribution in [1.82, 2.24) is 0 Å². The van der Waals surface area contributed by atoms with Gasteiger partial charge in [0, 0.05) is 17.5 Å². The van der Waals surface area contributed by atoms with E-state index in [1.165, 1.54) is 6.07 Å². The molecule has 1 atom stereocenters. The van der Waals surface area contributed by atoms with E-state index in [-0.39, 0.29) is 0 Å². The molecule has 0 bridgehead atoms. The number of ether oxygens (including phenoxy) is 2. The summed E-state index contributed by atoms with van der Waals surface area (Å²) in [6.07, 6.45) is 1.64. The first-order valence-electron chi connectivity index (χ1n) is 6.06. The molecule has 0 aliphatic rings. The quantitative estimate of drug-likeness (QED) is 0.622. The molecule has 0 aliphatic heterocycles. The Bertz CT molecular complexity index is 620. The molecule has 1 heterocycles. The van der Waals surface area contributed by atoms with E-state index in [2.05, 4.69) is 0 Å². The van der Waals surface area contributed by atoms with E-state index in [9.17, 15) is 4.79 Å². The normalized spacial score (nSPS) is 12.4. The molecular weight excluding hydrogens is 268 g/mol. The largest absolute Gasteiger partial charge is 0.493 e. The SMILES string of the molecule is CCCC(Cl)Oc1cc2oc(=O)ccc2cc1OC. The second kappa shape index (κ2) is 5.97. The zero-order chi connectivity index (χ0) is 13.8. The molecule has 1 unspecified atom stereocenters. The fourth-order valence-corrected chi connectivity index (χ4v) is 2.07. The van der Waals surface area contributed by atoms with Crippen LogP contribution in [0.4, 0.5) is 0 Å². The van der Waals surface area contributed by atoms with Gasteiger partial charge in [-0.2, -0.15) is 0 Å². The zero-order valence-electron chi connectivity index (χ0n) is 10.8. The van der Waals surface area contributed by atoms with Crippen LogP contribution >= 0.6 is 11.6 Å². The van der Waals surface area contributed by atoms with E-state index >= 15 is 0 Å². The van der Waals surface area contributed by atoms with Gasteiger partial charge in [-0.1, -0.05) is 24.9 Å². The predicted molar refractivity (Wildman–Crippen MR) is 74.2 cm³/mol. The molecule has 0 radical (unpaired) electrons. The molecule has 0 saturated heterocycles. The monoisotopic (exact) mass is 282 g/mol. The fraction of sp³-hybridized carbons (Fsp3) is 0.357. The van der Waals surface area contributed by atoms with Crippen molar-refractivity contribution in [3.8, 4) is 11.5 Å². The van der Waals surface area contributed by atoms with Crippen LogP contribution in [-0.4, -0.2) is 12.7 Å². The molecule has 2 rings (SSSR count). The Morgan fingerprint density at radius 3 is 2.79 bits per heavy atom. The second-order valence-electron chi connectivity index (χ2n) is 4.11. The first-order chi connectivity index (χ1) is 9.13.